The number of rotatable bonds is 10. The smallest absolute Gasteiger partial charge is 0.335 e. The van der Waals surface area contributed by atoms with Crippen LogP contribution >= 0.6 is 11.6 Å². The van der Waals surface area contributed by atoms with E-state index in [1.54, 1.807) is 18.2 Å². The molecular formula is C30H29ClF2N4O5. The minimum absolute atomic E-state index is 0.0245. The van der Waals surface area contributed by atoms with E-state index in [9.17, 15) is 18.7 Å². The average Bonchev–Trinajstić information content (AvgIpc) is 3.28. The normalized spacial score (nSPS) is 17.7. The highest BCUT2D eigenvalue weighted by Gasteiger charge is 2.26. The number of carbonyl (C=O) groups is 1. The number of ether oxygens (including phenoxy) is 3. The van der Waals surface area contributed by atoms with E-state index in [2.05, 4.69) is 14.5 Å². The van der Waals surface area contributed by atoms with Crippen LogP contribution < -0.4 is 9.47 Å². The lowest BCUT2D eigenvalue weighted by molar-refractivity contribution is -0.0592. The van der Waals surface area contributed by atoms with E-state index in [-0.39, 0.29) is 40.9 Å². The Morgan fingerprint density at radius 2 is 1.88 bits per heavy atom. The third kappa shape index (κ3) is 6.33. The van der Waals surface area contributed by atoms with Crippen molar-refractivity contribution in [2.24, 2.45) is 0 Å². The van der Waals surface area contributed by atoms with Gasteiger partial charge in [0, 0.05) is 30.8 Å². The number of hydrogen-bond acceptors (Lipinski definition) is 7. The second-order valence-corrected chi connectivity index (χ2v) is 10.9. The summed E-state index contributed by atoms with van der Waals surface area (Å²) in [5.74, 6) is -1.19. The summed E-state index contributed by atoms with van der Waals surface area (Å²) in [6.07, 6.45) is 3.29. The van der Waals surface area contributed by atoms with Crippen molar-refractivity contribution in [3.05, 3.63) is 82.4 Å². The highest BCUT2D eigenvalue weighted by atomic mass is 35.5. The number of piperidine rings is 1. The van der Waals surface area contributed by atoms with Gasteiger partial charge in [0.05, 0.1) is 47.7 Å². The third-order valence-electron chi connectivity index (χ3n) is 7.59. The number of benzene rings is 2. The number of imidazole rings is 1. The van der Waals surface area contributed by atoms with E-state index in [0.717, 1.165) is 42.1 Å². The van der Waals surface area contributed by atoms with E-state index in [1.165, 1.54) is 18.2 Å². The van der Waals surface area contributed by atoms with Crippen LogP contribution in [0.15, 0.2) is 48.7 Å². The molecule has 0 aliphatic carbocycles. The second kappa shape index (κ2) is 12.2. The van der Waals surface area contributed by atoms with Gasteiger partial charge in [-0.25, -0.2) is 18.6 Å². The number of halogens is 3. The van der Waals surface area contributed by atoms with Crippen LogP contribution in [-0.4, -0.2) is 62.4 Å². The quantitative estimate of drug-likeness (QED) is 0.257. The monoisotopic (exact) mass is 598 g/mol. The van der Waals surface area contributed by atoms with Crippen LogP contribution in [0.4, 0.5) is 8.78 Å². The van der Waals surface area contributed by atoms with Gasteiger partial charge in [-0.1, -0.05) is 11.6 Å². The zero-order chi connectivity index (χ0) is 29.2. The molecule has 0 bridgehead atoms. The molecule has 0 amide bonds. The molecule has 0 saturated carbocycles. The maximum absolute atomic E-state index is 14.6. The molecule has 2 aliphatic rings. The lowest BCUT2D eigenvalue weighted by Crippen LogP contribution is -2.39. The van der Waals surface area contributed by atoms with Crippen molar-refractivity contribution < 1.29 is 32.9 Å². The second-order valence-electron chi connectivity index (χ2n) is 10.5. The Morgan fingerprint density at radius 1 is 1.07 bits per heavy atom. The van der Waals surface area contributed by atoms with Crippen LogP contribution in [-0.2, 0) is 24.4 Å². The van der Waals surface area contributed by atoms with Gasteiger partial charge in [0.1, 0.15) is 18.5 Å². The molecule has 0 radical (unpaired) electrons. The standard InChI is InChI=1S/C30H29ClF2N4O5/c31-19-2-4-27(23(32)12-19)41-17-20-13-28(24(33)14-34-20)42-21-5-8-36(9-6-21)16-29-35-25-3-1-18(30(38)39)11-26(25)37(29)15-22-7-10-40-22/h1-4,11-14,21-22H,5-10,15-17H2,(H,38,39)/t22-/m0/s1. The van der Waals surface area contributed by atoms with Crippen molar-refractivity contribution in [2.45, 2.75) is 51.2 Å². The molecule has 220 valence electrons. The number of pyridine rings is 1. The fourth-order valence-corrected chi connectivity index (χ4v) is 5.36. The number of aromatic carboxylic acids is 1. The summed E-state index contributed by atoms with van der Waals surface area (Å²) in [6.45, 7) is 3.30. The summed E-state index contributed by atoms with van der Waals surface area (Å²) in [6, 6.07) is 10.6. The van der Waals surface area contributed by atoms with Gasteiger partial charge in [-0.3, -0.25) is 9.88 Å². The van der Waals surface area contributed by atoms with Gasteiger partial charge < -0.3 is 23.9 Å². The predicted molar refractivity (Wildman–Crippen MR) is 150 cm³/mol. The molecule has 1 N–H and O–H groups in total. The minimum Gasteiger partial charge on any atom is -0.487 e. The average molecular weight is 599 g/mol. The van der Waals surface area contributed by atoms with Crippen molar-refractivity contribution in [3.8, 4) is 11.5 Å². The van der Waals surface area contributed by atoms with E-state index >= 15 is 0 Å². The van der Waals surface area contributed by atoms with Crippen LogP contribution in [0.2, 0.25) is 5.02 Å². The van der Waals surface area contributed by atoms with Gasteiger partial charge in [-0.05, 0) is 55.7 Å². The Balaban J connectivity index is 1.08. The van der Waals surface area contributed by atoms with E-state index in [0.29, 0.717) is 44.7 Å². The Morgan fingerprint density at radius 3 is 2.60 bits per heavy atom. The summed E-state index contributed by atoms with van der Waals surface area (Å²) < 4.78 is 47.8. The number of nitrogens with zero attached hydrogens (tertiary/aromatic N) is 4. The Bertz CT molecular complexity index is 1600. The molecule has 0 spiro atoms. The largest absolute Gasteiger partial charge is 0.487 e. The molecule has 0 unspecified atom stereocenters. The fourth-order valence-electron chi connectivity index (χ4n) is 5.20. The number of hydrogen-bond donors (Lipinski definition) is 1. The zero-order valence-corrected chi connectivity index (χ0v) is 23.4. The molecular weight excluding hydrogens is 570 g/mol. The summed E-state index contributed by atoms with van der Waals surface area (Å²) in [4.78, 5) is 22.7. The first-order valence-electron chi connectivity index (χ1n) is 13.8. The van der Waals surface area contributed by atoms with Gasteiger partial charge in [-0.2, -0.15) is 0 Å². The Kier molecular flexibility index (Phi) is 8.23. The first-order chi connectivity index (χ1) is 20.3. The molecule has 12 heteroatoms. The molecule has 42 heavy (non-hydrogen) atoms. The van der Waals surface area contributed by atoms with Crippen LogP contribution in [0.3, 0.4) is 0 Å². The van der Waals surface area contributed by atoms with Crippen molar-refractivity contribution in [2.75, 3.05) is 19.7 Å². The SMILES string of the molecule is O=C(O)c1ccc2nc(CN3CCC(Oc4cc(COc5ccc(Cl)cc5F)ncc4F)CC3)n(C[C@@H]3CCO3)c2c1. The summed E-state index contributed by atoms with van der Waals surface area (Å²) in [5, 5.41) is 9.73. The molecule has 4 aromatic rings. The minimum atomic E-state index is -0.978. The van der Waals surface area contributed by atoms with Crippen LogP contribution in [0, 0.1) is 11.6 Å². The van der Waals surface area contributed by atoms with Gasteiger partial charge in [0.2, 0.25) is 0 Å². The van der Waals surface area contributed by atoms with Gasteiger partial charge in [0.25, 0.3) is 0 Å². The summed E-state index contributed by atoms with van der Waals surface area (Å²) >= 11 is 5.78. The molecule has 2 fully saturated rings. The van der Waals surface area contributed by atoms with E-state index in [1.807, 2.05) is 0 Å². The van der Waals surface area contributed by atoms with E-state index < -0.39 is 17.6 Å². The first kappa shape index (κ1) is 28.3. The van der Waals surface area contributed by atoms with Crippen LogP contribution in [0.5, 0.6) is 11.5 Å². The number of carboxylic acid groups (broad SMARTS) is 1. The number of aromatic nitrogens is 3. The third-order valence-corrected chi connectivity index (χ3v) is 7.83. The maximum atomic E-state index is 14.6. The first-order valence-corrected chi connectivity index (χ1v) is 14.2. The van der Waals surface area contributed by atoms with Gasteiger partial charge in [0.15, 0.2) is 23.1 Å². The fraction of sp³-hybridized carbons (Fsp3) is 0.367. The molecule has 2 saturated heterocycles. The highest BCUT2D eigenvalue weighted by Crippen LogP contribution is 2.27. The van der Waals surface area contributed by atoms with Crippen LogP contribution in [0.25, 0.3) is 11.0 Å². The summed E-state index contributed by atoms with van der Waals surface area (Å²) in [5.41, 5.74) is 2.15. The molecule has 9 nitrogen and oxygen atoms in total. The van der Waals surface area contributed by atoms with Crippen molar-refractivity contribution in [1.82, 2.24) is 19.4 Å². The van der Waals surface area contributed by atoms with E-state index in [4.69, 9.17) is 30.8 Å². The lowest BCUT2D eigenvalue weighted by Gasteiger charge is -2.32. The number of carboxylic acids is 1. The molecule has 2 aliphatic heterocycles. The van der Waals surface area contributed by atoms with Crippen LogP contribution in [0.1, 0.15) is 41.1 Å². The molecule has 4 heterocycles. The van der Waals surface area contributed by atoms with Crippen molar-refractivity contribution in [3.63, 3.8) is 0 Å². The topological polar surface area (TPSA) is 98.9 Å². The summed E-state index contributed by atoms with van der Waals surface area (Å²) in [7, 11) is 0. The maximum Gasteiger partial charge on any atom is 0.335 e. The molecule has 6 rings (SSSR count). The highest BCUT2D eigenvalue weighted by molar-refractivity contribution is 6.30. The Labute approximate surface area is 245 Å². The number of likely N-dealkylation sites (tertiary alicyclic amines) is 1. The zero-order valence-electron chi connectivity index (χ0n) is 22.6. The molecule has 2 aromatic carbocycles. The van der Waals surface area contributed by atoms with Gasteiger partial charge in [-0.15, -0.1) is 0 Å². The molecule has 2 aromatic heterocycles. The predicted octanol–water partition coefficient (Wildman–Crippen LogP) is 5.47. The van der Waals surface area contributed by atoms with Crippen molar-refractivity contribution in [1.29, 1.82) is 0 Å². The molecule has 1 atom stereocenters. The van der Waals surface area contributed by atoms with Crippen molar-refractivity contribution >= 4 is 28.6 Å². The Hall–Kier alpha value is -3.80. The lowest BCUT2D eigenvalue weighted by atomic mass is 10.1. The number of fused-ring (bicyclic) bond motifs is 1. The van der Waals surface area contributed by atoms with Gasteiger partial charge >= 0.3 is 5.97 Å².